The van der Waals surface area contributed by atoms with Crippen molar-refractivity contribution in [3.05, 3.63) is 30.1 Å². The molecule has 2 aliphatic heterocycles. The Morgan fingerprint density at radius 3 is 2.83 bits per heavy atom. The van der Waals surface area contributed by atoms with E-state index in [0.717, 1.165) is 25.1 Å². The van der Waals surface area contributed by atoms with Gasteiger partial charge < -0.3 is 10.2 Å². The van der Waals surface area contributed by atoms with Gasteiger partial charge in [0.2, 0.25) is 5.91 Å². The van der Waals surface area contributed by atoms with E-state index in [1.807, 2.05) is 6.07 Å². The molecule has 0 aromatic heterocycles. The maximum Gasteiger partial charge on any atom is 0.224 e. The fourth-order valence-corrected chi connectivity index (χ4v) is 5.06. The van der Waals surface area contributed by atoms with Crippen molar-refractivity contribution < 1.29 is 17.6 Å². The van der Waals surface area contributed by atoms with Gasteiger partial charge in [0.05, 0.1) is 17.4 Å². The number of rotatable bonds is 3. The maximum atomic E-state index is 13.4. The third kappa shape index (κ3) is 4.02. The maximum absolute atomic E-state index is 13.4. The Bertz CT molecular complexity index is 692. The summed E-state index contributed by atoms with van der Waals surface area (Å²) >= 11 is 0. The van der Waals surface area contributed by atoms with Gasteiger partial charge in [-0.1, -0.05) is 6.07 Å². The van der Waals surface area contributed by atoms with Gasteiger partial charge in [-0.25, -0.2) is 12.8 Å². The first-order valence-corrected chi connectivity index (χ1v) is 9.76. The third-order valence-corrected chi connectivity index (χ3v) is 6.31. The highest BCUT2D eigenvalue weighted by Gasteiger charge is 2.34. The van der Waals surface area contributed by atoms with Crippen molar-refractivity contribution in [2.75, 3.05) is 29.5 Å². The molecular formula is C16H21FN2O3S. The predicted molar refractivity (Wildman–Crippen MR) is 86.5 cm³/mol. The highest BCUT2D eigenvalue weighted by atomic mass is 32.2. The zero-order valence-electron chi connectivity index (χ0n) is 12.9. The van der Waals surface area contributed by atoms with Gasteiger partial charge >= 0.3 is 0 Å². The van der Waals surface area contributed by atoms with Gasteiger partial charge in [0.1, 0.15) is 5.82 Å². The quantitative estimate of drug-likeness (QED) is 0.902. The van der Waals surface area contributed by atoms with Crippen molar-refractivity contribution >= 4 is 21.4 Å². The molecule has 0 radical (unpaired) electrons. The molecule has 0 unspecified atom stereocenters. The Morgan fingerprint density at radius 2 is 2.13 bits per heavy atom. The van der Waals surface area contributed by atoms with E-state index >= 15 is 0 Å². The molecule has 5 nitrogen and oxygen atoms in total. The lowest BCUT2D eigenvalue weighted by Crippen LogP contribution is -2.49. The number of benzene rings is 1. The molecular weight excluding hydrogens is 319 g/mol. The molecule has 0 saturated carbocycles. The molecule has 2 aliphatic rings. The minimum absolute atomic E-state index is 0.0252. The van der Waals surface area contributed by atoms with Crippen molar-refractivity contribution in [3.63, 3.8) is 0 Å². The first-order chi connectivity index (χ1) is 10.9. The molecule has 0 bridgehead atoms. The molecule has 23 heavy (non-hydrogen) atoms. The SMILES string of the molecule is O=C(N[C@@H]1CCCN(c2cccc(F)c2)C1)[C@@H]1CCS(=O)(=O)C1. The van der Waals surface area contributed by atoms with Gasteiger partial charge in [0.25, 0.3) is 0 Å². The average Bonchev–Trinajstić information content (AvgIpc) is 2.88. The Morgan fingerprint density at radius 1 is 1.30 bits per heavy atom. The highest BCUT2D eigenvalue weighted by molar-refractivity contribution is 7.91. The number of sulfone groups is 1. The van der Waals surface area contributed by atoms with Gasteiger partial charge in [-0.3, -0.25) is 4.79 Å². The van der Waals surface area contributed by atoms with Crippen LogP contribution in [0.25, 0.3) is 0 Å². The molecule has 1 N–H and O–H groups in total. The number of carbonyl (C=O) groups excluding carboxylic acids is 1. The molecule has 7 heteroatoms. The van der Waals surface area contributed by atoms with Crippen LogP contribution < -0.4 is 10.2 Å². The van der Waals surface area contributed by atoms with Crippen LogP contribution in [0.5, 0.6) is 0 Å². The van der Waals surface area contributed by atoms with Crippen LogP contribution in [0.3, 0.4) is 0 Å². The van der Waals surface area contributed by atoms with Crippen LogP contribution in [-0.2, 0) is 14.6 Å². The third-order valence-electron chi connectivity index (χ3n) is 4.54. The van der Waals surface area contributed by atoms with Crippen molar-refractivity contribution in [1.29, 1.82) is 0 Å². The van der Waals surface area contributed by atoms with E-state index in [2.05, 4.69) is 10.2 Å². The summed E-state index contributed by atoms with van der Waals surface area (Å²) < 4.78 is 36.3. The molecule has 126 valence electrons. The van der Waals surface area contributed by atoms with E-state index in [1.54, 1.807) is 6.07 Å². The monoisotopic (exact) mass is 340 g/mol. The zero-order chi connectivity index (χ0) is 16.4. The van der Waals surface area contributed by atoms with Crippen LogP contribution in [0.15, 0.2) is 24.3 Å². The zero-order valence-corrected chi connectivity index (χ0v) is 13.7. The van der Waals surface area contributed by atoms with E-state index in [1.165, 1.54) is 12.1 Å². The number of halogens is 1. The number of hydrogen-bond acceptors (Lipinski definition) is 4. The first kappa shape index (κ1) is 16.2. The van der Waals surface area contributed by atoms with Gasteiger partial charge in [0.15, 0.2) is 9.84 Å². The standard InChI is InChI=1S/C16H21FN2O3S/c17-13-3-1-5-15(9-13)19-7-2-4-14(10-19)18-16(20)12-6-8-23(21,22)11-12/h1,3,5,9,12,14H,2,4,6-8,10-11H2,(H,18,20)/t12-,14-/m1/s1. The minimum Gasteiger partial charge on any atom is -0.369 e. The smallest absolute Gasteiger partial charge is 0.224 e. The molecule has 2 fully saturated rings. The lowest BCUT2D eigenvalue weighted by molar-refractivity contribution is -0.125. The number of amides is 1. The van der Waals surface area contributed by atoms with Crippen molar-refractivity contribution in [2.24, 2.45) is 5.92 Å². The fourth-order valence-electron chi connectivity index (χ4n) is 3.32. The van der Waals surface area contributed by atoms with Crippen LogP contribution >= 0.6 is 0 Å². The summed E-state index contributed by atoms with van der Waals surface area (Å²) in [6.07, 6.45) is 2.18. The Hall–Kier alpha value is -1.63. The van der Waals surface area contributed by atoms with Crippen molar-refractivity contribution in [2.45, 2.75) is 25.3 Å². The Balaban J connectivity index is 1.60. The van der Waals surface area contributed by atoms with Crippen molar-refractivity contribution in [3.8, 4) is 0 Å². The van der Waals surface area contributed by atoms with Gasteiger partial charge in [-0.05, 0) is 37.5 Å². The number of piperidine rings is 1. The molecule has 0 spiro atoms. The lowest BCUT2D eigenvalue weighted by Gasteiger charge is -2.35. The summed E-state index contributed by atoms with van der Waals surface area (Å²) in [4.78, 5) is 14.3. The highest BCUT2D eigenvalue weighted by Crippen LogP contribution is 2.22. The second-order valence-corrected chi connectivity index (χ2v) is 8.60. The topological polar surface area (TPSA) is 66.5 Å². The van der Waals surface area contributed by atoms with E-state index in [0.29, 0.717) is 13.0 Å². The molecule has 3 rings (SSSR count). The number of carbonyl (C=O) groups is 1. The van der Waals surface area contributed by atoms with Crippen LogP contribution in [0, 0.1) is 11.7 Å². The number of anilines is 1. The van der Waals surface area contributed by atoms with E-state index in [9.17, 15) is 17.6 Å². The fraction of sp³-hybridized carbons (Fsp3) is 0.562. The average molecular weight is 340 g/mol. The number of nitrogens with zero attached hydrogens (tertiary/aromatic N) is 1. The second-order valence-electron chi connectivity index (χ2n) is 6.37. The molecule has 0 aliphatic carbocycles. The summed E-state index contributed by atoms with van der Waals surface area (Å²) in [6.45, 7) is 1.45. The summed E-state index contributed by atoms with van der Waals surface area (Å²) in [7, 11) is -3.05. The number of nitrogens with one attached hydrogen (secondary N) is 1. The first-order valence-electron chi connectivity index (χ1n) is 7.94. The number of hydrogen-bond donors (Lipinski definition) is 1. The largest absolute Gasteiger partial charge is 0.369 e. The Labute approximate surface area is 135 Å². The normalized spacial score (nSPS) is 26.9. The van der Waals surface area contributed by atoms with Crippen LogP contribution in [0.2, 0.25) is 0 Å². The van der Waals surface area contributed by atoms with Crippen LogP contribution in [-0.4, -0.2) is 45.0 Å². The van der Waals surface area contributed by atoms with Gasteiger partial charge in [-0.15, -0.1) is 0 Å². The van der Waals surface area contributed by atoms with E-state index in [-0.39, 0.29) is 29.3 Å². The summed E-state index contributed by atoms with van der Waals surface area (Å²) in [6, 6.07) is 6.41. The second kappa shape index (κ2) is 6.47. The van der Waals surface area contributed by atoms with Crippen molar-refractivity contribution in [1.82, 2.24) is 5.32 Å². The molecule has 2 heterocycles. The van der Waals surface area contributed by atoms with E-state index in [4.69, 9.17) is 0 Å². The molecule has 2 atom stereocenters. The molecule has 2 saturated heterocycles. The van der Waals surface area contributed by atoms with E-state index < -0.39 is 15.8 Å². The lowest BCUT2D eigenvalue weighted by atomic mass is 10.0. The molecule has 1 aromatic carbocycles. The summed E-state index contributed by atoms with van der Waals surface area (Å²) in [5.74, 6) is -0.809. The predicted octanol–water partition coefficient (Wildman–Crippen LogP) is 1.35. The summed E-state index contributed by atoms with van der Waals surface area (Å²) in [5, 5.41) is 2.97. The van der Waals surface area contributed by atoms with Crippen LogP contribution in [0.1, 0.15) is 19.3 Å². The Kier molecular flexibility index (Phi) is 4.57. The van der Waals surface area contributed by atoms with Crippen LogP contribution in [0.4, 0.5) is 10.1 Å². The summed E-state index contributed by atoms with van der Waals surface area (Å²) in [5.41, 5.74) is 0.812. The molecule has 1 amide bonds. The van der Waals surface area contributed by atoms with Gasteiger partial charge in [0, 0.05) is 24.8 Å². The van der Waals surface area contributed by atoms with Gasteiger partial charge in [-0.2, -0.15) is 0 Å². The molecule has 1 aromatic rings. The minimum atomic E-state index is -3.05.